The van der Waals surface area contributed by atoms with Crippen LogP contribution in [0, 0.1) is 5.92 Å². The zero-order valence-electron chi connectivity index (χ0n) is 17.1. The van der Waals surface area contributed by atoms with Crippen molar-refractivity contribution in [3.05, 3.63) is 66.0 Å². The van der Waals surface area contributed by atoms with Crippen molar-refractivity contribution >= 4 is 11.8 Å². The van der Waals surface area contributed by atoms with Crippen molar-refractivity contribution in [2.75, 3.05) is 33.2 Å². The van der Waals surface area contributed by atoms with Crippen LogP contribution >= 0.6 is 0 Å². The topological polar surface area (TPSA) is 65.5 Å². The Hall–Kier alpha value is -2.73. The fraction of sp³-hybridized carbons (Fsp3) is 0.435. The number of amides is 2. The van der Waals surface area contributed by atoms with Gasteiger partial charge in [-0.1, -0.05) is 36.4 Å². The van der Waals surface area contributed by atoms with E-state index in [0.29, 0.717) is 32.5 Å². The van der Waals surface area contributed by atoms with Gasteiger partial charge < -0.3 is 15.1 Å². The molecule has 0 aliphatic carbocycles. The molecule has 6 nitrogen and oxygen atoms in total. The third kappa shape index (κ3) is 6.68. The summed E-state index contributed by atoms with van der Waals surface area (Å²) >= 11 is 0. The monoisotopic (exact) mass is 394 g/mol. The van der Waals surface area contributed by atoms with Gasteiger partial charge in [0.25, 0.3) is 0 Å². The lowest BCUT2D eigenvalue weighted by atomic mass is 9.96. The van der Waals surface area contributed by atoms with Gasteiger partial charge in [0.2, 0.25) is 11.8 Å². The third-order valence-electron chi connectivity index (χ3n) is 5.37. The summed E-state index contributed by atoms with van der Waals surface area (Å²) < 4.78 is 0. The smallest absolute Gasteiger partial charge is 0.224 e. The van der Waals surface area contributed by atoms with E-state index in [1.165, 1.54) is 5.56 Å². The minimum atomic E-state index is -0.147. The highest BCUT2D eigenvalue weighted by Crippen LogP contribution is 2.19. The second-order valence-electron chi connectivity index (χ2n) is 7.66. The quantitative estimate of drug-likeness (QED) is 0.708. The molecule has 1 fully saturated rings. The van der Waals surface area contributed by atoms with E-state index in [1.54, 1.807) is 11.1 Å². The van der Waals surface area contributed by atoms with Gasteiger partial charge in [0.1, 0.15) is 0 Å². The number of hydrogen-bond acceptors (Lipinski definition) is 4. The summed E-state index contributed by atoms with van der Waals surface area (Å²) in [4.78, 5) is 33.1. The van der Waals surface area contributed by atoms with E-state index in [1.807, 2.05) is 24.3 Å². The van der Waals surface area contributed by atoms with E-state index in [2.05, 4.69) is 46.5 Å². The molecule has 1 atom stereocenters. The van der Waals surface area contributed by atoms with Crippen LogP contribution in [0.2, 0.25) is 0 Å². The van der Waals surface area contributed by atoms with Crippen LogP contribution in [0.15, 0.2) is 54.7 Å². The number of aromatic nitrogens is 1. The molecule has 1 N–H and O–H groups in total. The summed E-state index contributed by atoms with van der Waals surface area (Å²) in [5.74, 6) is -0.00799. The van der Waals surface area contributed by atoms with Crippen molar-refractivity contribution in [2.24, 2.45) is 5.92 Å². The highest BCUT2D eigenvalue weighted by Gasteiger charge is 2.30. The second kappa shape index (κ2) is 10.7. The Morgan fingerprint density at radius 1 is 1.17 bits per heavy atom. The van der Waals surface area contributed by atoms with Gasteiger partial charge >= 0.3 is 0 Å². The first-order valence-electron chi connectivity index (χ1n) is 10.3. The van der Waals surface area contributed by atoms with E-state index in [0.717, 1.165) is 25.2 Å². The summed E-state index contributed by atoms with van der Waals surface area (Å²) in [7, 11) is 2.07. The number of pyridine rings is 1. The predicted molar refractivity (Wildman–Crippen MR) is 113 cm³/mol. The minimum Gasteiger partial charge on any atom is -0.355 e. The molecular formula is C23H30N4O2. The van der Waals surface area contributed by atoms with Gasteiger partial charge in [-0.25, -0.2) is 0 Å². The highest BCUT2D eigenvalue weighted by atomic mass is 16.2. The van der Waals surface area contributed by atoms with Crippen LogP contribution in [0.25, 0.3) is 0 Å². The summed E-state index contributed by atoms with van der Waals surface area (Å²) in [5.41, 5.74) is 2.17. The molecule has 1 aromatic carbocycles. The largest absolute Gasteiger partial charge is 0.355 e. The number of hydrogen-bond donors (Lipinski definition) is 1. The van der Waals surface area contributed by atoms with Crippen molar-refractivity contribution < 1.29 is 9.59 Å². The first-order valence-corrected chi connectivity index (χ1v) is 10.3. The number of nitrogens with one attached hydrogen (secondary N) is 1. The van der Waals surface area contributed by atoms with Crippen LogP contribution in [-0.4, -0.2) is 59.8 Å². The molecule has 0 bridgehead atoms. The van der Waals surface area contributed by atoms with E-state index < -0.39 is 0 Å². The molecule has 1 aromatic heterocycles. The Balaban J connectivity index is 1.39. The zero-order chi connectivity index (χ0) is 20.5. The molecule has 2 heterocycles. The van der Waals surface area contributed by atoms with Crippen LogP contribution in [0.5, 0.6) is 0 Å². The Kier molecular flexibility index (Phi) is 7.76. The van der Waals surface area contributed by atoms with Gasteiger partial charge in [-0.3, -0.25) is 14.6 Å². The van der Waals surface area contributed by atoms with Crippen LogP contribution < -0.4 is 5.32 Å². The number of rotatable bonds is 9. The van der Waals surface area contributed by atoms with Crippen molar-refractivity contribution in [3.8, 4) is 0 Å². The molecule has 0 spiro atoms. The van der Waals surface area contributed by atoms with Gasteiger partial charge in [0.15, 0.2) is 0 Å². The Labute approximate surface area is 172 Å². The molecule has 29 heavy (non-hydrogen) atoms. The van der Waals surface area contributed by atoms with Crippen LogP contribution in [0.1, 0.15) is 24.1 Å². The molecule has 2 amide bonds. The maximum atomic E-state index is 12.6. The fourth-order valence-corrected chi connectivity index (χ4v) is 3.56. The standard InChI is InChI=1S/C23H30N4O2/c1-26(15-12-19-7-3-2-4-8-19)16-14-25-23(29)20-10-11-22(28)27(17-20)18-21-9-5-6-13-24-21/h2-9,13,20H,10-12,14-18H2,1H3,(H,25,29)/t20-/m1/s1. The average molecular weight is 395 g/mol. The van der Waals surface area contributed by atoms with Crippen molar-refractivity contribution in [1.82, 2.24) is 20.1 Å². The summed E-state index contributed by atoms with van der Waals surface area (Å²) in [6, 6.07) is 16.1. The fourth-order valence-electron chi connectivity index (χ4n) is 3.56. The molecule has 1 aliphatic rings. The second-order valence-corrected chi connectivity index (χ2v) is 7.66. The van der Waals surface area contributed by atoms with E-state index in [9.17, 15) is 9.59 Å². The molecule has 1 aliphatic heterocycles. The SMILES string of the molecule is CN(CCNC(=O)[C@@H]1CCC(=O)N(Cc2ccccn2)C1)CCc1ccccc1. The third-order valence-corrected chi connectivity index (χ3v) is 5.37. The normalized spacial score (nSPS) is 16.8. The lowest BCUT2D eigenvalue weighted by molar-refractivity contribution is -0.139. The number of likely N-dealkylation sites (tertiary alicyclic amines) is 1. The minimum absolute atomic E-state index is 0.0416. The molecule has 0 saturated carbocycles. The van der Waals surface area contributed by atoms with Crippen LogP contribution in [0.3, 0.4) is 0 Å². The lowest BCUT2D eigenvalue weighted by Crippen LogP contribution is -2.46. The first-order chi connectivity index (χ1) is 14.1. The van der Waals surface area contributed by atoms with Crippen molar-refractivity contribution in [3.63, 3.8) is 0 Å². The molecule has 6 heteroatoms. The molecule has 1 saturated heterocycles. The summed E-state index contributed by atoms with van der Waals surface area (Å²) in [6.45, 7) is 3.31. The predicted octanol–water partition coefficient (Wildman–Crippen LogP) is 2.11. The van der Waals surface area contributed by atoms with Gasteiger partial charge in [0.05, 0.1) is 18.2 Å². The molecule has 154 valence electrons. The molecule has 0 unspecified atom stereocenters. The number of nitrogens with zero attached hydrogens (tertiary/aromatic N) is 3. The van der Waals surface area contributed by atoms with Crippen molar-refractivity contribution in [2.45, 2.75) is 25.8 Å². The van der Waals surface area contributed by atoms with Gasteiger partial charge in [-0.15, -0.1) is 0 Å². The Morgan fingerprint density at radius 2 is 1.97 bits per heavy atom. The molecule has 3 rings (SSSR count). The van der Waals surface area contributed by atoms with Crippen molar-refractivity contribution in [1.29, 1.82) is 0 Å². The van der Waals surface area contributed by atoms with Gasteiger partial charge in [-0.05, 0) is 37.6 Å². The first kappa shape index (κ1) is 21.0. The van der Waals surface area contributed by atoms with Gasteiger partial charge in [0, 0.05) is 38.8 Å². The highest BCUT2D eigenvalue weighted by molar-refractivity contribution is 5.83. The van der Waals surface area contributed by atoms with E-state index in [4.69, 9.17) is 0 Å². The molecule has 2 aromatic rings. The maximum Gasteiger partial charge on any atom is 0.224 e. The lowest BCUT2D eigenvalue weighted by Gasteiger charge is -2.31. The summed E-state index contributed by atoms with van der Waals surface area (Å²) in [5, 5.41) is 3.05. The Bertz CT molecular complexity index is 782. The van der Waals surface area contributed by atoms with E-state index >= 15 is 0 Å². The molecular weight excluding hydrogens is 364 g/mol. The zero-order valence-corrected chi connectivity index (χ0v) is 17.1. The number of carbonyl (C=O) groups is 2. The molecule has 0 radical (unpaired) electrons. The Morgan fingerprint density at radius 3 is 2.72 bits per heavy atom. The van der Waals surface area contributed by atoms with Crippen LogP contribution in [0.4, 0.5) is 0 Å². The maximum absolute atomic E-state index is 12.6. The van der Waals surface area contributed by atoms with E-state index in [-0.39, 0.29) is 17.7 Å². The van der Waals surface area contributed by atoms with Crippen LogP contribution in [-0.2, 0) is 22.6 Å². The van der Waals surface area contributed by atoms with Gasteiger partial charge in [-0.2, -0.15) is 0 Å². The average Bonchev–Trinajstić information content (AvgIpc) is 2.75. The number of benzene rings is 1. The summed E-state index contributed by atoms with van der Waals surface area (Å²) in [6.07, 6.45) is 3.76. The number of likely N-dealkylation sites (N-methyl/N-ethyl adjacent to an activating group) is 1. The number of carbonyl (C=O) groups excluding carboxylic acids is 2. The number of piperidine rings is 1.